The van der Waals surface area contributed by atoms with E-state index in [1.54, 1.807) is 30.3 Å². The number of carbonyl (C=O) groups is 1. The van der Waals surface area contributed by atoms with Crippen molar-refractivity contribution in [1.82, 2.24) is 0 Å². The summed E-state index contributed by atoms with van der Waals surface area (Å²) in [5.74, 6) is 5.54. The fourth-order valence-corrected chi connectivity index (χ4v) is 1.89. The molecule has 0 aliphatic carbocycles. The maximum atomic E-state index is 12.2. The number of aryl methyl sites for hydroxylation is 1. The number of esters is 1. The quantitative estimate of drug-likeness (QED) is 0.303. The summed E-state index contributed by atoms with van der Waals surface area (Å²) >= 11 is 0. The number of hydrogen-bond donors (Lipinski definition) is 1. The number of hydrogen-bond acceptors (Lipinski definition) is 5. The van der Waals surface area contributed by atoms with E-state index >= 15 is 0 Å². The normalized spacial score (nSPS) is 10.6. The van der Waals surface area contributed by atoms with Crippen molar-refractivity contribution >= 4 is 12.2 Å². The van der Waals surface area contributed by atoms with Crippen molar-refractivity contribution in [2.24, 2.45) is 10.9 Å². The Hall–Kier alpha value is -2.82. The van der Waals surface area contributed by atoms with Crippen molar-refractivity contribution in [1.29, 1.82) is 0 Å². The second kappa shape index (κ2) is 7.26. The second-order valence-corrected chi connectivity index (χ2v) is 4.67. The molecule has 2 aromatic rings. The Balaban J connectivity index is 2.24. The number of rotatable bonds is 5. The van der Waals surface area contributed by atoms with Crippen molar-refractivity contribution in [2.75, 3.05) is 6.61 Å². The highest BCUT2D eigenvalue weighted by molar-refractivity contribution is 5.91. The van der Waals surface area contributed by atoms with Crippen LogP contribution in [0.2, 0.25) is 0 Å². The number of ether oxygens (including phenoxy) is 2. The summed E-state index contributed by atoms with van der Waals surface area (Å²) in [7, 11) is 0. The SMILES string of the molecule is CCOc1cc(C=NN)ccc1OC(=O)c1ccc(C)cc1. The van der Waals surface area contributed by atoms with Gasteiger partial charge in [-0.05, 0) is 49.7 Å². The van der Waals surface area contributed by atoms with Crippen LogP contribution in [0.3, 0.4) is 0 Å². The molecule has 114 valence electrons. The molecule has 0 saturated heterocycles. The van der Waals surface area contributed by atoms with Crippen LogP contribution in [-0.4, -0.2) is 18.8 Å². The molecular formula is C17H18N2O3. The first-order chi connectivity index (χ1) is 10.6. The van der Waals surface area contributed by atoms with E-state index < -0.39 is 5.97 Å². The van der Waals surface area contributed by atoms with Crippen LogP contribution in [0.25, 0.3) is 0 Å². The van der Waals surface area contributed by atoms with E-state index in [0.29, 0.717) is 23.7 Å². The van der Waals surface area contributed by atoms with E-state index in [1.165, 1.54) is 6.21 Å². The molecule has 0 bridgehead atoms. The zero-order valence-electron chi connectivity index (χ0n) is 12.6. The molecule has 22 heavy (non-hydrogen) atoms. The summed E-state index contributed by atoms with van der Waals surface area (Å²) in [4.78, 5) is 12.2. The predicted molar refractivity (Wildman–Crippen MR) is 85.5 cm³/mol. The second-order valence-electron chi connectivity index (χ2n) is 4.67. The van der Waals surface area contributed by atoms with Crippen LogP contribution in [0.1, 0.15) is 28.4 Å². The summed E-state index contributed by atoms with van der Waals surface area (Å²) in [5, 5.41) is 3.47. The van der Waals surface area contributed by atoms with Gasteiger partial charge in [-0.25, -0.2) is 4.79 Å². The lowest BCUT2D eigenvalue weighted by Crippen LogP contribution is -2.09. The molecular weight excluding hydrogens is 280 g/mol. The molecule has 0 aliphatic rings. The highest BCUT2D eigenvalue weighted by Gasteiger charge is 2.13. The van der Waals surface area contributed by atoms with Crippen molar-refractivity contribution < 1.29 is 14.3 Å². The monoisotopic (exact) mass is 298 g/mol. The molecule has 2 aromatic carbocycles. The zero-order valence-corrected chi connectivity index (χ0v) is 12.6. The van der Waals surface area contributed by atoms with Crippen molar-refractivity contribution in [3.63, 3.8) is 0 Å². The van der Waals surface area contributed by atoms with E-state index in [0.717, 1.165) is 11.1 Å². The van der Waals surface area contributed by atoms with Crippen LogP contribution in [0.5, 0.6) is 11.5 Å². The third-order valence-electron chi connectivity index (χ3n) is 2.98. The van der Waals surface area contributed by atoms with Crippen LogP contribution in [0.15, 0.2) is 47.6 Å². The first kappa shape index (κ1) is 15.6. The van der Waals surface area contributed by atoms with Crippen molar-refractivity contribution in [3.05, 3.63) is 59.2 Å². The lowest BCUT2D eigenvalue weighted by molar-refractivity contribution is 0.0728. The number of nitrogens with zero attached hydrogens (tertiary/aromatic N) is 1. The Kier molecular flexibility index (Phi) is 5.14. The number of benzene rings is 2. The predicted octanol–water partition coefficient (Wildman–Crippen LogP) is 2.91. The Morgan fingerprint density at radius 3 is 2.55 bits per heavy atom. The third-order valence-corrected chi connectivity index (χ3v) is 2.98. The minimum absolute atomic E-state index is 0.363. The van der Waals surface area contributed by atoms with Gasteiger partial charge >= 0.3 is 5.97 Å². The number of hydrazone groups is 1. The molecule has 5 nitrogen and oxygen atoms in total. The van der Waals surface area contributed by atoms with Crippen molar-refractivity contribution in [3.8, 4) is 11.5 Å². The molecule has 5 heteroatoms. The van der Waals surface area contributed by atoms with Gasteiger partial charge in [-0.2, -0.15) is 5.10 Å². The molecule has 0 aliphatic heterocycles. The Bertz CT molecular complexity index is 679. The molecule has 0 fully saturated rings. The summed E-state index contributed by atoms with van der Waals surface area (Å²) < 4.78 is 10.9. The molecule has 2 rings (SSSR count). The average Bonchev–Trinajstić information content (AvgIpc) is 2.51. The molecule has 0 amide bonds. The summed E-state index contributed by atoms with van der Waals surface area (Å²) in [6, 6.07) is 12.3. The van der Waals surface area contributed by atoms with E-state index in [2.05, 4.69) is 5.10 Å². The minimum atomic E-state index is -0.429. The fraction of sp³-hybridized carbons (Fsp3) is 0.176. The highest BCUT2D eigenvalue weighted by Crippen LogP contribution is 2.28. The summed E-state index contributed by atoms with van der Waals surface area (Å²) in [6.45, 7) is 4.27. The number of carbonyl (C=O) groups excluding carboxylic acids is 1. The fourth-order valence-electron chi connectivity index (χ4n) is 1.89. The molecule has 0 spiro atoms. The summed E-state index contributed by atoms with van der Waals surface area (Å²) in [6.07, 6.45) is 1.49. The Morgan fingerprint density at radius 2 is 1.91 bits per heavy atom. The van der Waals surface area contributed by atoms with Gasteiger partial charge in [0, 0.05) is 0 Å². The molecule has 2 N–H and O–H groups in total. The Labute approximate surface area is 129 Å². The topological polar surface area (TPSA) is 73.9 Å². The Morgan fingerprint density at radius 1 is 1.18 bits per heavy atom. The maximum absolute atomic E-state index is 12.2. The lowest BCUT2D eigenvalue weighted by atomic mass is 10.1. The van der Waals surface area contributed by atoms with E-state index in [9.17, 15) is 4.79 Å². The van der Waals surface area contributed by atoms with E-state index in [-0.39, 0.29) is 0 Å². The van der Waals surface area contributed by atoms with Gasteiger partial charge in [-0.1, -0.05) is 17.7 Å². The average molecular weight is 298 g/mol. The molecule has 0 heterocycles. The van der Waals surface area contributed by atoms with Crippen LogP contribution in [-0.2, 0) is 0 Å². The highest BCUT2D eigenvalue weighted by atomic mass is 16.6. The minimum Gasteiger partial charge on any atom is -0.490 e. The van der Waals surface area contributed by atoms with Gasteiger partial charge in [0.1, 0.15) is 0 Å². The van der Waals surface area contributed by atoms with Gasteiger partial charge in [-0.15, -0.1) is 0 Å². The maximum Gasteiger partial charge on any atom is 0.343 e. The van der Waals surface area contributed by atoms with E-state index in [4.69, 9.17) is 15.3 Å². The molecule has 0 atom stereocenters. The van der Waals surface area contributed by atoms with Gasteiger partial charge in [0.15, 0.2) is 11.5 Å². The van der Waals surface area contributed by atoms with Crippen LogP contribution < -0.4 is 15.3 Å². The molecule has 0 aromatic heterocycles. The van der Waals surface area contributed by atoms with Gasteiger partial charge in [-0.3, -0.25) is 0 Å². The van der Waals surface area contributed by atoms with Gasteiger partial charge in [0.05, 0.1) is 18.4 Å². The van der Waals surface area contributed by atoms with Crippen LogP contribution >= 0.6 is 0 Å². The van der Waals surface area contributed by atoms with Gasteiger partial charge in [0.25, 0.3) is 0 Å². The third kappa shape index (κ3) is 3.85. The first-order valence-electron chi connectivity index (χ1n) is 6.93. The summed E-state index contributed by atoms with van der Waals surface area (Å²) in [5.41, 5.74) is 2.33. The first-order valence-corrected chi connectivity index (χ1v) is 6.93. The molecule has 0 radical (unpaired) electrons. The van der Waals surface area contributed by atoms with Crippen LogP contribution in [0, 0.1) is 6.92 Å². The van der Waals surface area contributed by atoms with Gasteiger partial charge < -0.3 is 15.3 Å². The van der Waals surface area contributed by atoms with Crippen molar-refractivity contribution in [2.45, 2.75) is 13.8 Å². The molecule has 0 saturated carbocycles. The smallest absolute Gasteiger partial charge is 0.343 e. The van der Waals surface area contributed by atoms with Crippen LogP contribution in [0.4, 0.5) is 0 Å². The number of nitrogens with two attached hydrogens (primary N) is 1. The van der Waals surface area contributed by atoms with E-state index in [1.807, 2.05) is 26.0 Å². The largest absolute Gasteiger partial charge is 0.490 e. The van der Waals surface area contributed by atoms with Gasteiger partial charge in [0.2, 0.25) is 0 Å². The zero-order chi connectivity index (χ0) is 15.9. The standard InChI is InChI=1S/C17H18N2O3/c1-3-21-16-10-13(11-19-18)6-9-15(16)22-17(20)14-7-4-12(2)5-8-14/h4-11H,3,18H2,1-2H3. The lowest BCUT2D eigenvalue weighted by Gasteiger charge is -2.11. The molecule has 0 unspecified atom stereocenters.